The van der Waals surface area contributed by atoms with Crippen molar-refractivity contribution in [3.63, 3.8) is 0 Å². The number of nitrogens with zero attached hydrogens (tertiary/aromatic N) is 1. The van der Waals surface area contributed by atoms with Gasteiger partial charge in [0.05, 0.1) is 0 Å². The highest BCUT2D eigenvalue weighted by atomic mass is 16.4. The molecule has 0 fully saturated rings. The van der Waals surface area contributed by atoms with Gasteiger partial charge in [-0.05, 0) is 18.8 Å². The van der Waals surface area contributed by atoms with Crippen LogP contribution in [0.15, 0.2) is 0 Å². The topological polar surface area (TPSA) is 69.6 Å². The molecule has 0 aliphatic rings. The smallest absolute Gasteiger partial charge is 0.326 e. The number of carbonyl (C=O) groups is 2. The highest BCUT2D eigenvalue weighted by Crippen LogP contribution is 2.09. The molecule has 0 rings (SSSR count). The largest absolute Gasteiger partial charge is 0.480 e. The zero-order valence-electron chi connectivity index (χ0n) is 13.3. The number of hydrogen-bond acceptors (Lipinski definition) is 2. The number of amides is 2. The summed E-state index contributed by atoms with van der Waals surface area (Å²) in [5, 5.41) is 11.9. The molecule has 0 heterocycles. The van der Waals surface area contributed by atoms with Gasteiger partial charge in [-0.3, -0.25) is 0 Å². The van der Waals surface area contributed by atoms with Crippen LogP contribution in [0, 0.1) is 5.92 Å². The van der Waals surface area contributed by atoms with Gasteiger partial charge >= 0.3 is 12.0 Å². The van der Waals surface area contributed by atoms with Gasteiger partial charge in [-0.25, -0.2) is 9.59 Å². The van der Waals surface area contributed by atoms with Gasteiger partial charge in [0.2, 0.25) is 0 Å². The number of carboxylic acids is 1. The summed E-state index contributed by atoms with van der Waals surface area (Å²) in [4.78, 5) is 25.2. The second-order valence-electron chi connectivity index (χ2n) is 5.35. The predicted octanol–water partition coefficient (Wildman–Crippen LogP) is 3.10. The van der Waals surface area contributed by atoms with Crippen LogP contribution in [0.1, 0.15) is 59.8 Å². The van der Waals surface area contributed by atoms with E-state index in [0.717, 1.165) is 32.1 Å². The Morgan fingerprint density at radius 1 is 1.10 bits per heavy atom. The molecule has 0 aliphatic carbocycles. The molecule has 0 aromatic carbocycles. The normalized spacial score (nSPS) is 13.6. The van der Waals surface area contributed by atoms with Gasteiger partial charge in [0.25, 0.3) is 0 Å². The van der Waals surface area contributed by atoms with Crippen molar-refractivity contribution in [2.75, 3.05) is 13.1 Å². The van der Waals surface area contributed by atoms with Gasteiger partial charge in [-0.1, -0.05) is 47.0 Å². The van der Waals surface area contributed by atoms with Gasteiger partial charge in [-0.15, -0.1) is 0 Å². The molecule has 0 bridgehead atoms. The molecule has 0 aromatic rings. The predicted molar refractivity (Wildman–Crippen MR) is 80.8 cm³/mol. The van der Waals surface area contributed by atoms with E-state index in [1.54, 1.807) is 4.90 Å². The minimum Gasteiger partial charge on any atom is -0.480 e. The zero-order chi connectivity index (χ0) is 15.5. The number of carbonyl (C=O) groups excluding carboxylic acids is 1. The molecule has 5 nitrogen and oxygen atoms in total. The van der Waals surface area contributed by atoms with Crippen molar-refractivity contribution in [1.82, 2.24) is 10.2 Å². The Hall–Kier alpha value is -1.26. The molecule has 2 atom stereocenters. The third-order valence-corrected chi connectivity index (χ3v) is 3.61. The Kier molecular flexibility index (Phi) is 9.86. The Morgan fingerprint density at radius 2 is 1.60 bits per heavy atom. The van der Waals surface area contributed by atoms with E-state index in [-0.39, 0.29) is 11.9 Å². The maximum atomic E-state index is 12.2. The van der Waals surface area contributed by atoms with E-state index < -0.39 is 12.0 Å². The molecule has 0 radical (unpaired) electrons. The van der Waals surface area contributed by atoms with Crippen LogP contribution in [0.4, 0.5) is 4.79 Å². The second-order valence-corrected chi connectivity index (χ2v) is 5.35. The lowest BCUT2D eigenvalue weighted by Gasteiger charge is -2.27. The first-order valence-electron chi connectivity index (χ1n) is 7.76. The second kappa shape index (κ2) is 10.5. The molecule has 2 amide bonds. The van der Waals surface area contributed by atoms with Crippen LogP contribution in [0.5, 0.6) is 0 Å². The summed E-state index contributed by atoms with van der Waals surface area (Å²) in [5.41, 5.74) is 0. The van der Waals surface area contributed by atoms with Crippen molar-refractivity contribution in [2.24, 2.45) is 5.92 Å². The Labute approximate surface area is 122 Å². The molecule has 2 N–H and O–H groups in total. The summed E-state index contributed by atoms with van der Waals surface area (Å²) in [6.45, 7) is 9.31. The van der Waals surface area contributed by atoms with Crippen LogP contribution in [0.25, 0.3) is 0 Å². The first-order chi connectivity index (χ1) is 9.47. The Bertz CT molecular complexity index is 287. The molecule has 0 aromatic heterocycles. The van der Waals surface area contributed by atoms with E-state index in [0.29, 0.717) is 13.1 Å². The van der Waals surface area contributed by atoms with Crippen LogP contribution < -0.4 is 5.32 Å². The molecular formula is C15H30N2O3. The number of rotatable bonds is 10. The van der Waals surface area contributed by atoms with Crippen molar-refractivity contribution in [2.45, 2.75) is 65.8 Å². The third kappa shape index (κ3) is 6.78. The summed E-state index contributed by atoms with van der Waals surface area (Å²) in [5.74, 6) is -1.03. The van der Waals surface area contributed by atoms with Crippen LogP contribution in [-0.2, 0) is 4.79 Å². The summed E-state index contributed by atoms with van der Waals surface area (Å²) in [6, 6.07) is -1.06. The van der Waals surface area contributed by atoms with E-state index in [2.05, 4.69) is 19.2 Å². The van der Waals surface area contributed by atoms with Crippen molar-refractivity contribution in [3.05, 3.63) is 0 Å². The van der Waals surface area contributed by atoms with E-state index in [1.165, 1.54) is 0 Å². The molecule has 118 valence electrons. The van der Waals surface area contributed by atoms with E-state index in [9.17, 15) is 14.7 Å². The lowest BCUT2D eigenvalue weighted by Crippen LogP contribution is -2.51. The molecule has 20 heavy (non-hydrogen) atoms. The molecular weight excluding hydrogens is 256 g/mol. The lowest BCUT2D eigenvalue weighted by molar-refractivity contribution is -0.140. The highest BCUT2D eigenvalue weighted by molar-refractivity contribution is 5.82. The first-order valence-corrected chi connectivity index (χ1v) is 7.76. The fourth-order valence-corrected chi connectivity index (χ4v) is 1.92. The highest BCUT2D eigenvalue weighted by Gasteiger charge is 2.27. The minimum absolute atomic E-state index is 0.0735. The third-order valence-electron chi connectivity index (χ3n) is 3.61. The van der Waals surface area contributed by atoms with Gasteiger partial charge in [0.1, 0.15) is 6.04 Å². The van der Waals surface area contributed by atoms with Crippen molar-refractivity contribution in [3.8, 4) is 0 Å². The number of unbranched alkanes of at least 4 members (excludes halogenated alkanes) is 2. The lowest BCUT2D eigenvalue weighted by atomic mass is 9.99. The molecule has 0 saturated heterocycles. The maximum Gasteiger partial charge on any atom is 0.326 e. The maximum absolute atomic E-state index is 12.2. The van der Waals surface area contributed by atoms with E-state index in [4.69, 9.17) is 0 Å². The molecule has 0 aliphatic heterocycles. The van der Waals surface area contributed by atoms with Gasteiger partial charge in [-0.2, -0.15) is 0 Å². The van der Waals surface area contributed by atoms with Crippen molar-refractivity contribution < 1.29 is 14.7 Å². The zero-order valence-corrected chi connectivity index (χ0v) is 13.3. The Morgan fingerprint density at radius 3 is 1.95 bits per heavy atom. The molecule has 5 heteroatoms. The minimum atomic E-state index is -0.960. The number of aliphatic carboxylic acids is 1. The van der Waals surface area contributed by atoms with Crippen molar-refractivity contribution >= 4 is 12.0 Å². The van der Waals surface area contributed by atoms with E-state index >= 15 is 0 Å². The molecule has 0 saturated carbocycles. The number of carboxylic acid groups (broad SMARTS) is 1. The first kappa shape index (κ1) is 18.7. The number of urea groups is 1. The summed E-state index contributed by atoms with van der Waals surface area (Å²) in [6.07, 6.45) is 4.64. The summed E-state index contributed by atoms with van der Waals surface area (Å²) >= 11 is 0. The quantitative estimate of drug-likeness (QED) is 0.648. The Balaban J connectivity index is 4.64. The SMILES string of the molecule is CCCCN(CCCC)C(=O)N[C@H](C(=O)O)[C@@H](C)CC. The average Bonchev–Trinajstić information content (AvgIpc) is 2.43. The fourth-order valence-electron chi connectivity index (χ4n) is 1.92. The van der Waals surface area contributed by atoms with Gasteiger partial charge < -0.3 is 15.3 Å². The fraction of sp³-hybridized carbons (Fsp3) is 0.867. The van der Waals surface area contributed by atoms with Crippen LogP contribution in [-0.4, -0.2) is 41.1 Å². The monoisotopic (exact) mass is 286 g/mol. The summed E-state index contributed by atoms with van der Waals surface area (Å²) < 4.78 is 0. The van der Waals surface area contributed by atoms with Crippen molar-refractivity contribution in [1.29, 1.82) is 0 Å². The van der Waals surface area contributed by atoms with Gasteiger partial charge in [0.15, 0.2) is 0 Å². The van der Waals surface area contributed by atoms with E-state index in [1.807, 2.05) is 13.8 Å². The number of hydrogen-bond donors (Lipinski definition) is 2. The standard InChI is InChI=1S/C15H30N2O3/c1-5-8-10-17(11-9-6-2)15(20)16-13(14(18)19)12(4)7-3/h12-13H,5-11H2,1-4H3,(H,16,20)(H,18,19)/t12-,13-/m0/s1. The average molecular weight is 286 g/mol. The van der Waals surface area contributed by atoms with Crippen LogP contribution in [0.3, 0.4) is 0 Å². The van der Waals surface area contributed by atoms with Gasteiger partial charge in [0, 0.05) is 13.1 Å². The molecule has 0 spiro atoms. The van der Waals surface area contributed by atoms with Crippen LogP contribution >= 0.6 is 0 Å². The van der Waals surface area contributed by atoms with Crippen LogP contribution in [0.2, 0.25) is 0 Å². The molecule has 0 unspecified atom stereocenters. The number of nitrogens with one attached hydrogen (secondary N) is 1. The summed E-state index contributed by atoms with van der Waals surface area (Å²) in [7, 11) is 0.